The first kappa shape index (κ1) is 15.0. The second-order valence-electron chi connectivity index (χ2n) is 3.91. The van der Waals surface area contributed by atoms with E-state index in [1.165, 1.54) is 6.07 Å². The maximum Gasteiger partial charge on any atom is 0.250 e. The number of nitrogens with two attached hydrogens (primary N) is 2. The van der Waals surface area contributed by atoms with Gasteiger partial charge in [-0.05, 0) is 30.3 Å². The van der Waals surface area contributed by atoms with Crippen molar-refractivity contribution in [3.05, 3.63) is 51.8 Å². The van der Waals surface area contributed by atoms with Crippen LogP contribution in [-0.2, 0) is 0 Å². The van der Waals surface area contributed by atoms with Gasteiger partial charge in [0.2, 0.25) is 0 Å². The molecule has 1 amide bonds. The van der Waals surface area contributed by atoms with Gasteiger partial charge in [0.1, 0.15) is 5.82 Å². The highest BCUT2D eigenvalue weighted by molar-refractivity contribution is 7.99. The highest BCUT2D eigenvalue weighted by Gasteiger charge is 2.14. The summed E-state index contributed by atoms with van der Waals surface area (Å²) in [4.78, 5) is 12.0. The molecule has 7 heteroatoms. The van der Waals surface area contributed by atoms with Crippen LogP contribution in [-0.4, -0.2) is 5.91 Å². The van der Waals surface area contributed by atoms with Gasteiger partial charge in [-0.25, -0.2) is 4.39 Å². The van der Waals surface area contributed by atoms with E-state index in [-0.39, 0.29) is 16.1 Å². The molecule has 0 aromatic heterocycles. The van der Waals surface area contributed by atoms with E-state index in [0.717, 1.165) is 17.8 Å². The van der Waals surface area contributed by atoms with Crippen LogP contribution in [0, 0.1) is 5.82 Å². The number of carbonyl (C=O) groups excluding carboxylic acids is 1. The van der Waals surface area contributed by atoms with Crippen LogP contribution in [0.3, 0.4) is 0 Å². The molecular weight excluding hydrogens is 322 g/mol. The number of anilines is 1. The molecule has 0 aliphatic carbocycles. The molecule has 0 spiro atoms. The fourth-order valence-corrected chi connectivity index (χ4v) is 2.93. The van der Waals surface area contributed by atoms with Crippen LogP contribution in [0.4, 0.5) is 10.1 Å². The number of amides is 1. The molecule has 104 valence electrons. The molecule has 0 heterocycles. The number of primary amides is 1. The molecule has 3 nitrogen and oxygen atoms in total. The van der Waals surface area contributed by atoms with Gasteiger partial charge < -0.3 is 11.5 Å². The molecule has 0 fully saturated rings. The van der Waals surface area contributed by atoms with Crippen LogP contribution in [0.25, 0.3) is 0 Å². The van der Waals surface area contributed by atoms with Crippen molar-refractivity contribution in [1.82, 2.24) is 0 Å². The third-order valence-corrected chi connectivity index (χ3v) is 4.25. The molecule has 0 atom stereocenters. The number of benzene rings is 2. The van der Waals surface area contributed by atoms with E-state index in [0.29, 0.717) is 14.9 Å². The van der Waals surface area contributed by atoms with Gasteiger partial charge in [0, 0.05) is 20.5 Å². The van der Waals surface area contributed by atoms with Crippen molar-refractivity contribution >= 4 is 46.6 Å². The third-order valence-electron chi connectivity index (χ3n) is 2.48. The Morgan fingerprint density at radius 3 is 2.50 bits per heavy atom. The maximum atomic E-state index is 13.9. The van der Waals surface area contributed by atoms with Gasteiger partial charge in [-0.3, -0.25) is 4.79 Å². The zero-order valence-electron chi connectivity index (χ0n) is 9.99. The van der Waals surface area contributed by atoms with E-state index in [2.05, 4.69) is 0 Å². The van der Waals surface area contributed by atoms with Crippen LogP contribution >= 0.6 is 35.0 Å². The van der Waals surface area contributed by atoms with Crippen molar-refractivity contribution in [2.75, 3.05) is 5.73 Å². The highest BCUT2D eigenvalue weighted by Crippen LogP contribution is 2.37. The number of halogens is 3. The van der Waals surface area contributed by atoms with Crippen LogP contribution in [0.2, 0.25) is 10.0 Å². The van der Waals surface area contributed by atoms with Crippen LogP contribution in [0.15, 0.2) is 40.1 Å². The second-order valence-corrected chi connectivity index (χ2v) is 5.84. The van der Waals surface area contributed by atoms with E-state index in [1.807, 2.05) is 0 Å². The van der Waals surface area contributed by atoms with Crippen LogP contribution in [0.1, 0.15) is 10.4 Å². The van der Waals surface area contributed by atoms with Gasteiger partial charge in [-0.2, -0.15) is 0 Å². The maximum absolute atomic E-state index is 13.9. The summed E-state index contributed by atoms with van der Waals surface area (Å²) in [5, 5.41) is 0.902. The molecule has 0 saturated heterocycles. The molecular formula is C13H9Cl2FN2OS. The summed E-state index contributed by atoms with van der Waals surface area (Å²) >= 11 is 12.9. The summed E-state index contributed by atoms with van der Waals surface area (Å²) < 4.78 is 13.9. The predicted molar refractivity (Wildman–Crippen MR) is 79.9 cm³/mol. The van der Waals surface area contributed by atoms with Crippen molar-refractivity contribution in [3.8, 4) is 0 Å². The minimum atomic E-state index is -0.721. The lowest BCUT2D eigenvalue weighted by atomic mass is 10.1. The van der Waals surface area contributed by atoms with Crippen LogP contribution in [0.5, 0.6) is 0 Å². The summed E-state index contributed by atoms with van der Waals surface area (Å²) in [6, 6.07) is 7.20. The Morgan fingerprint density at radius 1 is 1.15 bits per heavy atom. The summed E-state index contributed by atoms with van der Waals surface area (Å²) in [7, 11) is 0. The largest absolute Gasteiger partial charge is 0.398 e. The van der Waals surface area contributed by atoms with Crippen LogP contribution < -0.4 is 11.5 Å². The van der Waals surface area contributed by atoms with Crippen molar-refractivity contribution in [2.45, 2.75) is 9.79 Å². The minimum Gasteiger partial charge on any atom is -0.398 e. The van der Waals surface area contributed by atoms with Gasteiger partial charge in [0.25, 0.3) is 5.91 Å². The monoisotopic (exact) mass is 330 g/mol. The first-order valence-corrected chi connectivity index (χ1v) is 6.97. The summed E-state index contributed by atoms with van der Waals surface area (Å²) in [5.41, 5.74) is 10.8. The number of hydrogen-bond donors (Lipinski definition) is 2. The zero-order valence-corrected chi connectivity index (χ0v) is 12.3. The van der Waals surface area contributed by atoms with Gasteiger partial charge in [0.05, 0.1) is 10.6 Å². The molecule has 0 aliphatic heterocycles. The van der Waals surface area contributed by atoms with Crippen molar-refractivity contribution in [3.63, 3.8) is 0 Å². The molecule has 0 bridgehead atoms. The Kier molecular flexibility index (Phi) is 4.42. The standard InChI is InChI=1S/C13H9Cl2FN2OS/c14-6-1-2-8(15)11(3-6)20-12-4-7(13(18)19)10(17)5-9(12)16/h1-5H,17H2,(H2,18,19). The van der Waals surface area contributed by atoms with Gasteiger partial charge in [-0.1, -0.05) is 35.0 Å². The highest BCUT2D eigenvalue weighted by atomic mass is 35.5. The Balaban J connectivity index is 2.45. The molecule has 2 aromatic rings. The molecule has 2 aromatic carbocycles. The third kappa shape index (κ3) is 3.17. The number of rotatable bonds is 3. The zero-order chi connectivity index (χ0) is 14.9. The summed E-state index contributed by atoms with van der Waals surface area (Å²) in [6.45, 7) is 0. The van der Waals surface area contributed by atoms with E-state index >= 15 is 0 Å². The Bertz CT molecular complexity index is 694. The lowest BCUT2D eigenvalue weighted by Crippen LogP contribution is -2.14. The predicted octanol–water partition coefficient (Wildman–Crippen LogP) is 3.96. The molecule has 20 heavy (non-hydrogen) atoms. The number of hydrogen-bond acceptors (Lipinski definition) is 3. The topological polar surface area (TPSA) is 69.1 Å². The van der Waals surface area contributed by atoms with Gasteiger partial charge in [-0.15, -0.1) is 0 Å². The average Bonchev–Trinajstić information content (AvgIpc) is 2.36. The minimum absolute atomic E-state index is 0.00320. The lowest BCUT2D eigenvalue weighted by molar-refractivity contribution is 0.100. The first-order valence-electron chi connectivity index (χ1n) is 5.40. The number of nitrogen functional groups attached to an aromatic ring is 1. The van der Waals surface area contributed by atoms with E-state index < -0.39 is 11.7 Å². The Morgan fingerprint density at radius 2 is 1.85 bits per heavy atom. The number of carbonyl (C=O) groups is 1. The second kappa shape index (κ2) is 5.91. The Labute approximate surface area is 129 Å². The first-order chi connectivity index (χ1) is 9.38. The van der Waals surface area contributed by atoms with E-state index in [4.69, 9.17) is 34.7 Å². The van der Waals surface area contributed by atoms with Gasteiger partial charge in [0.15, 0.2) is 0 Å². The molecule has 2 rings (SSSR count). The molecule has 0 saturated carbocycles. The molecule has 4 N–H and O–H groups in total. The summed E-state index contributed by atoms with van der Waals surface area (Å²) in [6.07, 6.45) is 0. The van der Waals surface area contributed by atoms with Gasteiger partial charge >= 0.3 is 0 Å². The molecule has 0 radical (unpaired) electrons. The van der Waals surface area contributed by atoms with E-state index in [9.17, 15) is 9.18 Å². The normalized spacial score (nSPS) is 10.6. The summed E-state index contributed by atoms with van der Waals surface area (Å²) in [5.74, 6) is -1.28. The van der Waals surface area contributed by atoms with Crippen molar-refractivity contribution in [1.29, 1.82) is 0 Å². The quantitative estimate of drug-likeness (QED) is 0.836. The molecule has 0 aliphatic rings. The fourth-order valence-electron chi connectivity index (χ4n) is 1.53. The lowest BCUT2D eigenvalue weighted by Gasteiger charge is -2.09. The SMILES string of the molecule is NC(=O)c1cc(Sc2cc(Cl)ccc2Cl)c(F)cc1N. The van der Waals surface area contributed by atoms with E-state index in [1.54, 1.807) is 18.2 Å². The van der Waals surface area contributed by atoms with Crippen molar-refractivity contribution in [2.24, 2.45) is 5.73 Å². The smallest absolute Gasteiger partial charge is 0.250 e. The Hall–Kier alpha value is -1.43. The molecule has 0 unspecified atom stereocenters. The fraction of sp³-hybridized carbons (Fsp3) is 0. The van der Waals surface area contributed by atoms with Crippen molar-refractivity contribution < 1.29 is 9.18 Å². The average molecular weight is 331 g/mol.